The van der Waals surface area contributed by atoms with E-state index in [0.717, 1.165) is 31.4 Å². The van der Waals surface area contributed by atoms with Crippen LogP contribution in [0.2, 0.25) is 0 Å². The fraction of sp³-hybridized carbons (Fsp3) is 0.667. The first-order valence-electron chi connectivity index (χ1n) is 7.16. The number of aryl methyl sites for hydroxylation is 1. The van der Waals surface area contributed by atoms with E-state index in [4.69, 9.17) is 5.73 Å². The molecule has 100 valence electrons. The quantitative estimate of drug-likeness (QED) is 0.814. The van der Waals surface area contributed by atoms with Gasteiger partial charge in [0.05, 0.1) is 0 Å². The second kappa shape index (κ2) is 5.70. The molecule has 1 aromatic heterocycles. The monoisotopic (exact) mass is 248 g/mol. The Hall–Kier alpha value is -1.09. The van der Waals surface area contributed by atoms with Gasteiger partial charge in [0.2, 0.25) is 0 Å². The van der Waals surface area contributed by atoms with Gasteiger partial charge in [-0.05, 0) is 44.2 Å². The Bertz CT molecular complexity index is 474. The highest BCUT2D eigenvalue weighted by Crippen LogP contribution is 2.23. The van der Waals surface area contributed by atoms with Gasteiger partial charge in [-0.25, -0.2) is 0 Å². The zero-order valence-corrected chi connectivity index (χ0v) is 11.5. The number of rotatable bonds is 5. The van der Waals surface area contributed by atoms with E-state index in [2.05, 4.69) is 6.92 Å². The first-order chi connectivity index (χ1) is 8.65. The lowest BCUT2D eigenvalue weighted by atomic mass is 10.1. The van der Waals surface area contributed by atoms with Crippen molar-refractivity contribution < 1.29 is 0 Å². The van der Waals surface area contributed by atoms with Gasteiger partial charge in [-0.15, -0.1) is 0 Å². The average molecular weight is 248 g/mol. The van der Waals surface area contributed by atoms with Crippen LogP contribution in [-0.4, -0.2) is 4.57 Å². The highest BCUT2D eigenvalue weighted by molar-refractivity contribution is 5.31. The van der Waals surface area contributed by atoms with Crippen LogP contribution < -0.4 is 11.3 Å². The van der Waals surface area contributed by atoms with E-state index in [0.29, 0.717) is 0 Å². The standard InChI is InChI=1S/C15H24N2O/c1-3-4-5-9-17-14-8-6-7-12(14)10-13(11(2)16)15(17)18/h10-11H,3-9,16H2,1-2H3. The largest absolute Gasteiger partial charge is 0.324 e. The van der Waals surface area contributed by atoms with Crippen LogP contribution in [0.4, 0.5) is 0 Å². The molecule has 2 rings (SSSR count). The predicted molar refractivity (Wildman–Crippen MR) is 74.9 cm³/mol. The molecular weight excluding hydrogens is 224 g/mol. The van der Waals surface area contributed by atoms with E-state index in [1.165, 1.54) is 30.5 Å². The topological polar surface area (TPSA) is 48.0 Å². The number of nitrogens with two attached hydrogens (primary N) is 1. The van der Waals surface area contributed by atoms with E-state index < -0.39 is 0 Å². The molecule has 0 fully saturated rings. The summed E-state index contributed by atoms with van der Waals surface area (Å²) in [6.07, 6.45) is 6.78. The van der Waals surface area contributed by atoms with Crippen LogP contribution in [0, 0.1) is 0 Å². The van der Waals surface area contributed by atoms with E-state index in [-0.39, 0.29) is 11.6 Å². The summed E-state index contributed by atoms with van der Waals surface area (Å²) in [6.45, 7) is 4.94. The summed E-state index contributed by atoms with van der Waals surface area (Å²) < 4.78 is 2.00. The number of unbranched alkanes of at least 4 members (excludes halogenated alkanes) is 2. The molecule has 0 bridgehead atoms. The molecule has 0 aliphatic heterocycles. The third-order valence-electron chi connectivity index (χ3n) is 3.85. The minimum Gasteiger partial charge on any atom is -0.324 e. The number of hydrogen-bond acceptors (Lipinski definition) is 2. The van der Waals surface area contributed by atoms with Crippen molar-refractivity contribution in [3.63, 3.8) is 0 Å². The smallest absolute Gasteiger partial charge is 0.255 e. The second-order valence-corrected chi connectivity index (χ2v) is 5.38. The van der Waals surface area contributed by atoms with Crippen molar-refractivity contribution in [2.24, 2.45) is 5.73 Å². The Morgan fingerprint density at radius 2 is 2.17 bits per heavy atom. The normalized spacial score (nSPS) is 15.7. The fourth-order valence-corrected chi connectivity index (χ4v) is 2.83. The summed E-state index contributed by atoms with van der Waals surface area (Å²) >= 11 is 0. The van der Waals surface area contributed by atoms with Gasteiger partial charge in [-0.1, -0.05) is 19.8 Å². The lowest BCUT2D eigenvalue weighted by Crippen LogP contribution is -2.30. The Morgan fingerprint density at radius 3 is 2.83 bits per heavy atom. The molecule has 1 aliphatic carbocycles. The van der Waals surface area contributed by atoms with Crippen LogP contribution in [0.15, 0.2) is 10.9 Å². The minimum absolute atomic E-state index is 0.141. The van der Waals surface area contributed by atoms with Crippen LogP contribution in [-0.2, 0) is 19.4 Å². The molecule has 1 atom stereocenters. The van der Waals surface area contributed by atoms with Gasteiger partial charge < -0.3 is 10.3 Å². The van der Waals surface area contributed by atoms with E-state index >= 15 is 0 Å². The van der Waals surface area contributed by atoms with Crippen molar-refractivity contribution in [3.05, 3.63) is 33.2 Å². The minimum atomic E-state index is -0.166. The lowest BCUT2D eigenvalue weighted by Gasteiger charge is -2.16. The fourth-order valence-electron chi connectivity index (χ4n) is 2.83. The summed E-state index contributed by atoms with van der Waals surface area (Å²) in [6, 6.07) is 1.88. The molecule has 3 heteroatoms. The first-order valence-corrected chi connectivity index (χ1v) is 7.16. The van der Waals surface area contributed by atoms with Crippen LogP contribution in [0.5, 0.6) is 0 Å². The first kappa shape index (κ1) is 13.3. The molecule has 0 radical (unpaired) electrons. The van der Waals surface area contributed by atoms with E-state index in [1.807, 2.05) is 17.6 Å². The van der Waals surface area contributed by atoms with Crippen LogP contribution in [0.1, 0.15) is 62.4 Å². The maximum absolute atomic E-state index is 12.4. The Balaban J connectivity index is 2.39. The van der Waals surface area contributed by atoms with Crippen LogP contribution in [0.3, 0.4) is 0 Å². The summed E-state index contributed by atoms with van der Waals surface area (Å²) in [5.74, 6) is 0. The van der Waals surface area contributed by atoms with Crippen LogP contribution >= 0.6 is 0 Å². The molecule has 0 spiro atoms. The van der Waals surface area contributed by atoms with Gasteiger partial charge in [-0.2, -0.15) is 0 Å². The SMILES string of the molecule is CCCCCn1c2c(cc(C(C)N)c1=O)CCC2. The molecule has 1 aliphatic rings. The van der Waals surface area contributed by atoms with Crippen LogP contribution in [0.25, 0.3) is 0 Å². The van der Waals surface area contributed by atoms with Crippen molar-refractivity contribution in [1.29, 1.82) is 0 Å². The van der Waals surface area contributed by atoms with Crippen molar-refractivity contribution in [3.8, 4) is 0 Å². The number of pyridine rings is 1. The average Bonchev–Trinajstić information content (AvgIpc) is 2.79. The summed E-state index contributed by atoms with van der Waals surface area (Å²) in [5.41, 5.74) is 9.45. The van der Waals surface area contributed by atoms with Gasteiger partial charge in [-0.3, -0.25) is 4.79 Å². The lowest BCUT2D eigenvalue weighted by molar-refractivity contribution is 0.562. The van der Waals surface area contributed by atoms with Crippen molar-refractivity contribution in [1.82, 2.24) is 4.57 Å². The number of aromatic nitrogens is 1. The van der Waals surface area contributed by atoms with Gasteiger partial charge in [0.15, 0.2) is 0 Å². The maximum atomic E-state index is 12.4. The molecule has 0 saturated heterocycles. The number of hydrogen-bond donors (Lipinski definition) is 1. The third kappa shape index (κ3) is 2.51. The summed E-state index contributed by atoms with van der Waals surface area (Å²) in [4.78, 5) is 12.4. The molecule has 2 N–H and O–H groups in total. The molecule has 0 aromatic carbocycles. The highest BCUT2D eigenvalue weighted by atomic mass is 16.1. The number of nitrogens with zero attached hydrogens (tertiary/aromatic N) is 1. The maximum Gasteiger partial charge on any atom is 0.255 e. The van der Waals surface area contributed by atoms with Gasteiger partial charge in [0, 0.05) is 23.8 Å². The Morgan fingerprint density at radius 1 is 1.39 bits per heavy atom. The molecular formula is C15H24N2O. The summed E-state index contributed by atoms with van der Waals surface area (Å²) in [5, 5.41) is 0. The molecule has 0 saturated carbocycles. The Kier molecular flexibility index (Phi) is 4.23. The zero-order valence-electron chi connectivity index (χ0n) is 11.5. The summed E-state index contributed by atoms with van der Waals surface area (Å²) in [7, 11) is 0. The van der Waals surface area contributed by atoms with Crippen molar-refractivity contribution in [2.45, 2.75) is 65.0 Å². The van der Waals surface area contributed by atoms with Crippen molar-refractivity contribution >= 4 is 0 Å². The van der Waals surface area contributed by atoms with E-state index in [9.17, 15) is 4.79 Å². The van der Waals surface area contributed by atoms with Gasteiger partial charge in [0.1, 0.15) is 0 Å². The molecule has 0 amide bonds. The van der Waals surface area contributed by atoms with Gasteiger partial charge >= 0.3 is 0 Å². The third-order valence-corrected chi connectivity index (χ3v) is 3.85. The molecule has 1 aromatic rings. The number of fused-ring (bicyclic) bond motifs is 1. The molecule has 1 unspecified atom stereocenters. The molecule has 1 heterocycles. The van der Waals surface area contributed by atoms with Gasteiger partial charge in [0.25, 0.3) is 5.56 Å². The van der Waals surface area contributed by atoms with E-state index in [1.54, 1.807) is 0 Å². The molecule has 18 heavy (non-hydrogen) atoms. The predicted octanol–water partition coefficient (Wildman–Crippen LogP) is 2.55. The van der Waals surface area contributed by atoms with Crippen molar-refractivity contribution in [2.75, 3.05) is 0 Å². The highest BCUT2D eigenvalue weighted by Gasteiger charge is 2.19. The molecule has 3 nitrogen and oxygen atoms in total. The zero-order chi connectivity index (χ0) is 13.1. The second-order valence-electron chi connectivity index (χ2n) is 5.38. The Labute approximate surface area is 109 Å².